The number of aryl methyl sites for hydroxylation is 1. The first-order valence-corrected chi connectivity index (χ1v) is 9.23. The maximum absolute atomic E-state index is 13.1. The van der Waals surface area contributed by atoms with E-state index in [-0.39, 0.29) is 11.5 Å². The highest BCUT2D eigenvalue weighted by atomic mass is 79.9. The first-order valence-electron chi connectivity index (χ1n) is 8.44. The van der Waals surface area contributed by atoms with Crippen LogP contribution >= 0.6 is 15.9 Å². The van der Waals surface area contributed by atoms with Crippen molar-refractivity contribution in [1.29, 1.82) is 0 Å². The van der Waals surface area contributed by atoms with Crippen molar-refractivity contribution in [3.63, 3.8) is 0 Å². The van der Waals surface area contributed by atoms with E-state index in [1.165, 1.54) is 23.9 Å². The first kappa shape index (κ1) is 17.7. The summed E-state index contributed by atoms with van der Waals surface area (Å²) in [5.41, 5.74) is 2.83. The molecule has 0 atom stereocenters. The lowest BCUT2D eigenvalue weighted by molar-refractivity contribution is 0.0729. The van der Waals surface area contributed by atoms with Crippen molar-refractivity contribution in [1.82, 2.24) is 19.4 Å². The Bertz CT molecular complexity index is 1130. The number of ether oxygens (including phenoxy) is 1. The van der Waals surface area contributed by atoms with Gasteiger partial charge in [0.15, 0.2) is 5.65 Å². The molecule has 3 aromatic heterocycles. The van der Waals surface area contributed by atoms with Crippen molar-refractivity contribution in [3.05, 3.63) is 62.2 Å². The molecule has 8 heteroatoms. The maximum Gasteiger partial charge on any atom is 0.259 e. The zero-order valence-corrected chi connectivity index (χ0v) is 16.5. The Morgan fingerprint density at radius 2 is 2.11 bits per heavy atom. The highest BCUT2D eigenvalue weighted by molar-refractivity contribution is 9.10. The van der Waals surface area contributed by atoms with Crippen LogP contribution in [0.3, 0.4) is 0 Å². The number of aromatic nitrogens is 3. The largest absolute Gasteiger partial charge is 0.496 e. The highest BCUT2D eigenvalue weighted by Crippen LogP contribution is 2.26. The number of nitrogens with zero attached hydrogens (tertiary/aromatic N) is 4. The molecule has 0 aromatic carbocycles. The Hall–Kier alpha value is -2.74. The lowest BCUT2D eigenvalue weighted by Gasteiger charge is -2.29. The molecule has 0 saturated heterocycles. The molecule has 0 radical (unpaired) electrons. The van der Waals surface area contributed by atoms with Crippen LogP contribution < -0.4 is 10.3 Å². The number of halogens is 1. The van der Waals surface area contributed by atoms with Gasteiger partial charge in [0.2, 0.25) is 0 Å². The van der Waals surface area contributed by atoms with Gasteiger partial charge in [-0.3, -0.25) is 9.59 Å². The zero-order chi connectivity index (χ0) is 19.1. The molecule has 4 heterocycles. The van der Waals surface area contributed by atoms with E-state index in [9.17, 15) is 9.59 Å². The van der Waals surface area contributed by atoms with Gasteiger partial charge in [-0.2, -0.15) is 0 Å². The Balaban J connectivity index is 1.69. The quantitative estimate of drug-likeness (QED) is 0.625. The summed E-state index contributed by atoms with van der Waals surface area (Å²) in [6.45, 7) is 1.00. The van der Waals surface area contributed by atoms with Crippen LogP contribution in [-0.2, 0) is 20.0 Å². The lowest BCUT2D eigenvalue weighted by atomic mass is 10.0. The Morgan fingerprint density at radius 3 is 2.89 bits per heavy atom. The van der Waals surface area contributed by atoms with Gasteiger partial charge in [0.25, 0.3) is 11.5 Å². The second-order valence-corrected chi connectivity index (χ2v) is 7.39. The predicted molar refractivity (Wildman–Crippen MR) is 104 cm³/mol. The number of hydrogen-bond donors (Lipinski definition) is 0. The van der Waals surface area contributed by atoms with Crippen molar-refractivity contribution in [3.8, 4) is 5.75 Å². The Kier molecular flexibility index (Phi) is 4.43. The standard InChI is InChI=1S/C19H17BrN4O3/c1-23-10-14(16(27-2)7-17(23)25)19(26)24-4-3-15-12(9-24)5-11-6-13(20)8-21-18(11)22-15/h5-8,10H,3-4,9H2,1-2H3. The van der Waals surface area contributed by atoms with Gasteiger partial charge in [-0.25, -0.2) is 9.97 Å². The molecule has 0 spiro atoms. The van der Waals surface area contributed by atoms with E-state index in [0.29, 0.717) is 36.5 Å². The molecule has 27 heavy (non-hydrogen) atoms. The third-order valence-electron chi connectivity index (χ3n) is 4.71. The van der Waals surface area contributed by atoms with Gasteiger partial charge < -0.3 is 14.2 Å². The molecule has 4 rings (SSSR count). The minimum absolute atomic E-state index is 0.166. The molecule has 3 aromatic rings. The van der Waals surface area contributed by atoms with Crippen LogP contribution in [0.2, 0.25) is 0 Å². The lowest BCUT2D eigenvalue weighted by Crippen LogP contribution is -2.37. The summed E-state index contributed by atoms with van der Waals surface area (Å²) in [4.78, 5) is 35.6. The van der Waals surface area contributed by atoms with Gasteiger partial charge in [0, 0.05) is 60.6 Å². The van der Waals surface area contributed by atoms with Gasteiger partial charge in [0.05, 0.1) is 12.7 Å². The molecule has 0 N–H and O–H groups in total. The van der Waals surface area contributed by atoms with Crippen LogP contribution in [-0.4, -0.2) is 39.0 Å². The van der Waals surface area contributed by atoms with E-state index in [1.807, 2.05) is 12.1 Å². The van der Waals surface area contributed by atoms with Crippen LogP contribution in [0.25, 0.3) is 11.0 Å². The summed E-state index contributed by atoms with van der Waals surface area (Å²) in [7, 11) is 3.07. The van der Waals surface area contributed by atoms with Crippen LogP contribution in [0.4, 0.5) is 0 Å². The Morgan fingerprint density at radius 1 is 1.30 bits per heavy atom. The molecule has 0 saturated carbocycles. The highest BCUT2D eigenvalue weighted by Gasteiger charge is 2.26. The molecular weight excluding hydrogens is 412 g/mol. The number of rotatable bonds is 2. The van der Waals surface area contributed by atoms with Crippen molar-refractivity contribution in [2.75, 3.05) is 13.7 Å². The summed E-state index contributed by atoms with van der Waals surface area (Å²) in [5.74, 6) is 0.124. The number of carbonyl (C=O) groups excluding carboxylic acids is 1. The van der Waals surface area contributed by atoms with E-state index in [0.717, 1.165) is 21.1 Å². The molecule has 0 bridgehead atoms. The second kappa shape index (κ2) is 6.77. The number of pyridine rings is 3. The van der Waals surface area contributed by atoms with Crippen LogP contribution in [0.15, 0.2) is 39.9 Å². The molecule has 1 amide bonds. The molecule has 138 valence electrons. The summed E-state index contributed by atoms with van der Waals surface area (Å²) < 4.78 is 7.51. The summed E-state index contributed by atoms with van der Waals surface area (Å²) in [6, 6.07) is 5.34. The fourth-order valence-electron chi connectivity index (χ4n) is 3.28. The first-order chi connectivity index (χ1) is 13.0. The van der Waals surface area contributed by atoms with Crippen LogP contribution in [0.1, 0.15) is 21.6 Å². The van der Waals surface area contributed by atoms with E-state index in [1.54, 1.807) is 18.1 Å². The monoisotopic (exact) mass is 428 g/mol. The molecule has 0 unspecified atom stereocenters. The molecule has 0 fully saturated rings. The average molecular weight is 429 g/mol. The number of methoxy groups -OCH3 is 1. The minimum atomic E-state index is -0.221. The third kappa shape index (κ3) is 3.21. The van der Waals surface area contributed by atoms with E-state index in [4.69, 9.17) is 4.74 Å². The smallest absolute Gasteiger partial charge is 0.259 e. The van der Waals surface area contributed by atoms with Crippen LogP contribution in [0, 0.1) is 0 Å². The number of amides is 1. The van der Waals surface area contributed by atoms with Gasteiger partial charge in [0.1, 0.15) is 5.75 Å². The van der Waals surface area contributed by atoms with E-state index >= 15 is 0 Å². The normalized spacial score (nSPS) is 13.5. The number of fused-ring (bicyclic) bond motifs is 2. The second-order valence-electron chi connectivity index (χ2n) is 6.48. The molecule has 0 aliphatic carbocycles. The van der Waals surface area contributed by atoms with Crippen molar-refractivity contribution < 1.29 is 9.53 Å². The molecular formula is C19H17BrN4O3. The van der Waals surface area contributed by atoms with Crippen LogP contribution in [0.5, 0.6) is 5.75 Å². The number of hydrogen-bond acceptors (Lipinski definition) is 5. The van der Waals surface area contributed by atoms with Crippen molar-refractivity contribution in [2.24, 2.45) is 7.05 Å². The average Bonchev–Trinajstić information content (AvgIpc) is 2.67. The number of carbonyl (C=O) groups is 1. The zero-order valence-electron chi connectivity index (χ0n) is 14.9. The Labute approximate surface area is 163 Å². The predicted octanol–water partition coefficient (Wildman–Crippen LogP) is 2.30. The maximum atomic E-state index is 13.1. The van der Waals surface area contributed by atoms with Crippen molar-refractivity contribution >= 4 is 32.9 Å². The van der Waals surface area contributed by atoms with Crippen molar-refractivity contribution in [2.45, 2.75) is 13.0 Å². The third-order valence-corrected chi connectivity index (χ3v) is 5.14. The minimum Gasteiger partial charge on any atom is -0.496 e. The topological polar surface area (TPSA) is 77.3 Å². The van der Waals surface area contributed by atoms with Gasteiger partial charge in [-0.05, 0) is 33.6 Å². The molecule has 1 aliphatic heterocycles. The fourth-order valence-corrected chi connectivity index (χ4v) is 3.63. The summed E-state index contributed by atoms with van der Waals surface area (Å²) in [6.07, 6.45) is 3.91. The van der Waals surface area contributed by atoms with Gasteiger partial charge in [-0.1, -0.05) is 0 Å². The van der Waals surface area contributed by atoms with E-state index in [2.05, 4.69) is 25.9 Å². The summed E-state index contributed by atoms with van der Waals surface area (Å²) >= 11 is 3.43. The molecule has 7 nitrogen and oxygen atoms in total. The van der Waals surface area contributed by atoms with Gasteiger partial charge >= 0.3 is 0 Å². The fraction of sp³-hybridized carbons (Fsp3) is 0.263. The van der Waals surface area contributed by atoms with E-state index < -0.39 is 0 Å². The SMILES string of the molecule is COc1cc(=O)n(C)cc1C(=O)N1CCc2nc3ncc(Br)cc3cc2C1. The summed E-state index contributed by atoms with van der Waals surface area (Å²) in [5, 5.41) is 0.928. The molecule has 1 aliphatic rings. The van der Waals surface area contributed by atoms with Gasteiger partial charge in [-0.15, -0.1) is 0 Å².